The van der Waals surface area contributed by atoms with E-state index in [0.29, 0.717) is 5.70 Å². The van der Waals surface area contributed by atoms with Crippen LogP contribution in [0.2, 0.25) is 0 Å². The molecule has 2 atom stereocenters. The predicted octanol–water partition coefficient (Wildman–Crippen LogP) is 7.38. The number of benzene rings is 3. The van der Waals surface area contributed by atoms with E-state index in [9.17, 15) is 4.39 Å². The number of thioether (sulfide) groups is 1. The molecule has 5 nitrogen and oxygen atoms in total. The number of allylic oxidation sites excluding steroid dienone is 2. The molecule has 4 aromatic rings. The van der Waals surface area contributed by atoms with E-state index in [1.54, 1.807) is 41.0 Å². The Kier molecular flexibility index (Phi) is 8.46. The number of aliphatic imine (C=N–C) groups is 1. The van der Waals surface area contributed by atoms with E-state index in [-0.39, 0.29) is 18.0 Å². The lowest BCUT2D eigenvalue weighted by molar-refractivity contribution is 0.168. The second-order valence-corrected chi connectivity index (χ2v) is 9.94. The molecule has 0 unspecified atom stereocenters. The molecule has 3 aromatic carbocycles. The average Bonchev–Trinajstić information content (AvgIpc) is 3.30. The molecule has 190 valence electrons. The van der Waals surface area contributed by atoms with Crippen LogP contribution in [0.15, 0.2) is 101 Å². The van der Waals surface area contributed by atoms with E-state index in [1.165, 1.54) is 12.1 Å². The summed E-state index contributed by atoms with van der Waals surface area (Å²) in [5.74, 6) is 0.449. The van der Waals surface area contributed by atoms with E-state index >= 15 is 0 Å². The van der Waals surface area contributed by atoms with Crippen LogP contribution in [0, 0.1) is 12.7 Å². The van der Waals surface area contributed by atoms with Gasteiger partial charge in [0.2, 0.25) is 0 Å². The van der Waals surface area contributed by atoms with Crippen molar-refractivity contribution in [1.82, 2.24) is 15.1 Å². The Hall–Kier alpha value is -3.84. The van der Waals surface area contributed by atoms with Gasteiger partial charge < -0.3 is 10.1 Å². The summed E-state index contributed by atoms with van der Waals surface area (Å²) in [6, 6.07) is 20.4. The fourth-order valence-corrected chi connectivity index (χ4v) is 4.18. The molecule has 0 radical (unpaired) electrons. The van der Waals surface area contributed by atoms with Gasteiger partial charge in [-0.1, -0.05) is 36.4 Å². The van der Waals surface area contributed by atoms with E-state index in [2.05, 4.69) is 54.0 Å². The van der Waals surface area contributed by atoms with Crippen LogP contribution in [-0.4, -0.2) is 28.3 Å². The normalized spacial score (nSPS) is 13.6. The van der Waals surface area contributed by atoms with Crippen molar-refractivity contribution < 1.29 is 9.13 Å². The number of rotatable bonds is 10. The van der Waals surface area contributed by atoms with Gasteiger partial charge in [-0.2, -0.15) is 5.10 Å². The van der Waals surface area contributed by atoms with Crippen molar-refractivity contribution in [2.75, 3.05) is 6.26 Å². The third-order valence-electron chi connectivity index (χ3n) is 5.92. The maximum absolute atomic E-state index is 13.4. The summed E-state index contributed by atoms with van der Waals surface area (Å²) in [6.07, 6.45) is 7.07. The van der Waals surface area contributed by atoms with Gasteiger partial charge in [0.25, 0.3) is 0 Å². The lowest BCUT2D eigenvalue weighted by Crippen LogP contribution is -2.34. The monoisotopic (exact) mass is 514 g/mol. The summed E-state index contributed by atoms with van der Waals surface area (Å²) in [4.78, 5) is 5.47. The second kappa shape index (κ2) is 11.9. The average molecular weight is 515 g/mol. The Morgan fingerprint density at radius 1 is 1.16 bits per heavy atom. The molecule has 1 aromatic heterocycles. The van der Waals surface area contributed by atoms with Crippen LogP contribution in [0.3, 0.4) is 0 Å². The molecule has 1 N–H and O–H groups in total. The van der Waals surface area contributed by atoms with Crippen LogP contribution in [0.25, 0.3) is 16.6 Å². The van der Waals surface area contributed by atoms with Crippen LogP contribution in [0.1, 0.15) is 31.1 Å². The Bertz CT molecular complexity index is 1440. The van der Waals surface area contributed by atoms with Gasteiger partial charge in [-0.05, 0) is 80.0 Å². The minimum Gasteiger partial charge on any atom is -0.484 e. The van der Waals surface area contributed by atoms with Gasteiger partial charge in [-0.25, -0.2) is 9.07 Å². The van der Waals surface area contributed by atoms with Crippen molar-refractivity contribution in [2.24, 2.45) is 4.99 Å². The van der Waals surface area contributed by atoms with E-state index in [4.69, 9.17) is 4.74 Å². The number of nitrogens with zero attached hydrogens (tertiary/aromatic N) is 3. The smallest absolute Gasteiger partial charge is 0.143 e. The first-order valence-corrected chi connectivity index (χ1v) is 13.2. The Morgan fingerprint density at radius 3 is 2.68 bits per heavy atom. The highest BCUT2D eigenvalue weighted by Gasteiger charge is 2.22. The van der Waals surface area contributed by atoms with Gasteiger partial charge in [-0.3, -0.25) is 4.99 Å². The van der Waals surface area contributed by atoms with Crippen LogP contribution in [-0.2, 0) is 0 Å². The van der Waals surface area contributed by atoms with Crippen LogP contribution >= 0.6 is 11.8 Å². The van der Waals surface area contributed by atoms with Crippen molar-refractivity contribution in [2.45, 2.75) is 32.9 Å². The summed E-state index contributed by atoms with van der Waals surface area (Å²) in [5, 5.41) is 8.85. The maximum atomic E-state index is 13.4. The van der Waals surface area contributed by atoms with Gasteiger partial charge in [0, 0.05) is 23.5 Å². The SMILES string of the molecule is C=C(C=N/C=C(/C)SC)N[C@@H](C)[C@H](Oc1ccc2c(cnn2-c2ccc(F)cc2)c1)c1cccc(C)c1. The largest absolute Gasteiger partial charge is 0.484 e. The molecule has 4 rings (SSSR count). The van der Waals surface area contributed by atoms with Gasteiger partial charge in [0.15, 0.2) is 0 Å². The molecule has 0 aliphatic rings. The number of hydrogen-bond acceptors (Lipinski definition) is 5. The van der Waals surface area contributed by atoms with Crippen molar-refractivity contribution in [1.29, 1.82) is 0 Å². The summed E-state index contributed by atoms with van der Waals surface area (Å²) in [6.45, 7) is 10.3. The van der Waals surface area contributed by atoms with Crippen molar-refractivity contribution in [3.8, 4) is 11.4 Å². The Labute approximate surface area is 221 Å². The quantitative estimate of drug-likeness (QED) is 0.224. The first-order valence-electron chi connectivity index (χ1n) is 12.0. The minimum absolute atomic E-state index is 0.0935. The van der Waals surface area contributed by atoms with Crippen molar-refractivity contribution >= 4 is 28.9 Å². The Balaban J connectivity index is 1.58. The molecule has 0 aliphatic heterocycles. The number of aromatic nitrogens is 2. The lowest BCUT2D eigenvalue weighted by Gasteiger charge is -2.27. The van der Waals surface area contributed by atoms with Crippen LogP contribution < -0.4 is 10.1 Å². The fraction of sp³-hybridized carbons (Fsp3) is 0.200. The molecule has 7 heteroatoms. The van der Waals surface area contributed by atoms with Gasteiger partial charge >= 0.3 is 0 Å². The van der Waals surface area contributed by atoms with Crippen molar-refractivity contribution in [3.63, 3.8) is 0 Å². The zero-order valence-electron chi connectivity index (χ0n) is 21.5. The molecule has 0 saturated carbocycles. The second-order valence-electron chi connectivity index (χ2n) is 8.89. The fourth-order valence-electron chi connectivity index (χ4n) is 4.02. The summed E-state index contributed by atoms with van der Waals surface area (Å²) in [7, 11) is 0. The predicted molar refractivity (Wildman–Crippen MR) is 153 cm³/mol. The van der Waals surface area contributed by atoms with Crippen LogP contribution in [0.4, 0.5) is 4.39 Å². The molecular formula is C30H31FN4OS. The lowest BCUT2D eigenvalue weighted by atomic mass is 10.0. The molecule has 0 spiro atoms. The number of fused-ring (bicyclic) bond motifs is 1. The van der Waals surface area contributed by atoms with Crippen molar-refractivity contribution in [3.05, 3.63) is 113 Å². The number of hydrogen-bond donors (Lipinski definition) is 1. The van der Waals surface area contributed by atoms with E-state index < -0.39 is 0 Å². The first kappa shape index (κ1) is 26.2. The van der Waals surface area contributed by atoms with Gasteiger partial charge in [0.05, 0.1) is 23.4 Å². The minimum atomic E-state index is -0.280. The number of nitrogens with one attached hydrogen (secondary N) is 1. The zero-order valence-corrected chi connectivity index (χ0v) is 22.3. The number of aryl methyl sites for hydroxylation is 1. The third-order valence-corrected chi connectivity index (χ3v) is 6.67. The highest BCUT2D eigenvalue weighted by atomic mass is 32.2. The standard InChI is InChI=1S/C30H31FN4OS/c1-20-7-6-8-24(15-20)30(23(4)34-21(2)17-32-18-22(3)37-5)36-28-13-14-29-25(16-28)19-33-35(29)27-11-9-26(31)10-12-27/h6-19,23,30,34H,2H2,1,3-5H3/b22-18-,32-17?/t23-,30-/m0/s1. The molecular weight excluding hydrogens is 483 g/mol. The summed E-state index contributed by atoms with van der Waals surface area (Å²) in [5.41, 5.74) is 4.63. The summed E-state index contributed by atoms with van der Waals surface area (Å²) >= 11 is 1.65. The van der Waals surface area contributed by atoms with Gasteiger partial charge in [-0.15, -0.1) is 11.8 Å². The first-order chi connectivity index (χ1) is 17.8. The number of halogens is 1. The Morgan fingerprint density at radius 2 is 1.95 bits per heavy atom. The summed E-state index contributed by atoms with van der Waals surface area (Å²) < 4.78 is 21.7. The third kappa shape index (κ3) is 6.68. The zero-order chi connectivity index (χ0) is 26.4. The maximum Gasteiger partial charge on any atom is 0.143 e. The van der Waals surface area contributed by atoms with Crippen LogP contribution in [0.5, 0.6) is 5.75 Å². The molecule has 0 aliphatic carbocycles. The number of ether oxygens (including phenoxy) is 1. The molecule has 37 heavy (non-hydrogen) atoms. The molecule has 0 bridgehead atoms. The molecule has 0 fully saturated rings. The van der Waals surface area contributed by atoms with Gasteiger partial charge in [0.1, 0.15) is 17.7 Å². The molecule has 0 saturated heterocycles. The highest BCUT2D eigenvalue weighted by molar-refractivity contribution is 8.02. The van der Waals surface area contributed by atoms with E-state index in [1.807, 2.05) is 43.6 Å². The van der Waals surface area contributed by atoms with E-state index in [0.717, 1.165) is 38.4 Å². The molecule has 0 amide bonds. The highest BCUT2D eigenvalue weighted by Crippen LogP contribution is 2.29. The topological polar surface area (TPSA) is 51.4 Å². The molecule has 1 heterocycles.